The first-order valence-corrected chi connectivity index (χ1v) is 9.57. The number of rotatable bonds is 4. The van der Waals surface area contributed by atoms with Crippen molar-refractivity contribution in [2.45, 2.75) is 79.8 Å². The van der Waals surface area contributed by atoms with Crippen molar-refractivity contribution in [3.8, 4) is 0 Å². The van der Waals surface area contributed by atoms with Gasteiger partial charge in [-0.1, -0.05) is 6.07 Å². The number of nitrogens with zero attached hydrogens (tertiary/aromatic N) is 6. The first kappa shape index (κ1) is 18.5. The summed E-state index contributed by atoms with van der Waals surface area (Å²) in [5.74, 6) is 1.04. The summed E-state index contributed by atoms with van der Waals surface area (Å²) < 4.78 is 0. The molecule has 2 heterocycles. The van der Waals surface area contributed by atoms with E-state index in [0.717, 1.165) is 5.84 Å². The van der Waals surface area contributed by atoms with E-state index in [1.807, 2.05) is 6.34 Å². The van der Waals surface area contributed by atoms with Crippen LogP contribution in [0.25, 0.3) is 0 Å². The summed E-state index contributed by atoms with van der Waals surface area (Å²) in [6.45, 7) is 17.4. The fourth-order valence-corrected chi connectivity index (χ4v) is 4.03. The van der Waals surface area contributed by atoms with Crippen LogP contribution in [0.15, 0.2) is 28.4 Å². The third-order valence-corrected chi connectivity index (χ3v) is 5.33. The standard InChI is InChI=1S/C20H32N6/c1-13(2)25-17(7)23(12-21-25)19-10-9-11-20(15(19)5)24-16(6)22-26(14(3)4)18(24)8/h9-14,17-18H,1-8H3/t17-,18+/m1/s1. The molecule has 26 heavy (non-hydrogen) atoms. The molecule has 2 aliphatic heterocycles. The topological polar surface area (TPSA) is 37.7 Å². The van der Waals surface area contributed by atoms with E-state index in [1.54, 1.807) is 0 Å². The van der Waals surface area contributed by atoms with E-state index in [-0.39, 0.29) is 12.3 Å². The summed E-state index contributed by atoms with van der Waals surface area (Å²) in [4.78, 5) is 4.59. The van der Waals surface area contributed by atoms with Crippen molar-refractivity contribution in [1.82, 2.24) is 10.0 Å². The Morgan fingerprint density at radius 2 is 1.50 bits per heavy atom. The van der Waals surface area contributed by atoms with E-state index < -0.39 is 0 Å². The Balaban J connectivity index is 1.95. The summed E-state index contributed by atoms with van der Waals surface area (Å²) in [6, 6.07) is 7.25. The largest absolute Gasteiger partial charge is 0.308 e. The maximum absolute atomic E-state index is 4.77. The van der Waals surface area contributed by atoms with Gasteiger partial charge in [0.15, 0.2) is 0 Å². The van der Waals surface area contributed by atoms with Crippen LogP contribution in [0.2, 0.25) is 0 Å². The summed E-state index contributed by atoms with van der Waals surface area (Å²) in [7, 11) is 0. The van der Waals surface area contributed by atoms with Gasteiger partial charge in [-0.3, -0.25) is 10.0 Å². The molecular weight excluding hydrogens is 324 g/mol. The van der Waals surface area contributed by atoms with Gasteiger partial charge in [0.1, 0.15) is 24.5 Å². The van der Waals surface area contributed by atoms with Crippen molar-refractivity contribution >= 4 is 23.5 Å². The summed E-state index contributed by atoms with van der Waals surface area (Å²) >= 11 is 0. The zero-order chi connectivity index (χ0) is 19.2. The van der Waals surface area contributed by atoms with Crippen molar-refractivity contribution in [1.29, 1.82) is 0 Å². The van der Waals surface area contributed by atoms with Gasteiger partial charge in [0, 0.05) is 23.5 Å². The Labute approximate surface area is 157 Å². The molecule has 2 aliphatic rings. The van der Waals surface area contributed by atoms with E-state index in [1.165, 1.54) is 16.9 Å². The highest BCUT2D eigenvalue weighted by atomic mass is 15.6. The van der Waals surface area contributed by atoms with Crippen molar-refractivity contribution in [3.05, 3.63) is 23.8 Å². The highest BCUT2D eigenvalue weighted by Crippen LogP contribution is 2.35. The maximum Gasteiger partial charge on any atom is 0.128 e. The monoisotopic (exact) mass is 356 g/mol. The van der Waals surface area contributed by atoms with Crippen LogP contribution in [0.4, 0.5) is 11.4 Å². The molecule has 0 aromatic heterocycles. The van der Waals surface area contributed by atoms with Crippen LogP contribution in [0, 0.1) is 6.92 Å². The summed E-state index contributed by atoms with van der Waals surface area (Å²) in [6.07, 6.45) is 2.37. The van der Waals surface area contributed by atoms with Crippen LogP contribution in [0.1, 0.15) is 54.0 Å². The number of amidine groups is 1. The third kappa shape index (κ3) is 2.91. The smallest absolute Gasteiger partial charge is 0.128 e. The lowest BCUT2D eigenvalue weighted by Gasteiger charge is -2.34. The van der Waals surface area contributed by atoms with Gasteiger partial charge in [-0.15, -0.1) is 0 Å². The lowest BCUT2D eigenvalue weighted by atomic mass is 10.1. The molecule has 0 aliphatic carbocycles. The number of hydrogen-bond acceptors (Lipinski definition) is 6. The summed E-state index contributed by atoms with van der Waals surface area (Å²) in [5.41, 5.74) is 3.66. The SMILES string of the molecule is CC1=NN(C(C)C)[C@@H](C)N1c1cccc(N2C=NN(C(C)C)[C@@H]2C)c1C. The zero-order valence-corrected chi connectivity index (χ0v) is 17.3. The van der Waals surface area contributed by atoms with Gasteiger partial charge >= 0.3 is 0 Å². The number of anilines is 2. The first-order valence-electron chi connectivity index (χ1n) is 9.57. The van der Waals surface area contributed by atoms with Crippen molar-refractivity contribution in [2.24, 2.45) is 10.2 Å². The zero-order valence-electron chi connectivity index (χ0n) is 17.3. The molecule has 0 amide bonds. The van der Waals surface area contributed by atoms with Crippen molar-refractivity contribution in [2.75, 3.05) is 9.80 Å². The molecule has 0 spiro atoms. The molecule has 0 saturated heterocycles. The van der Waals surface area contributed by atoms with Gasteiger partial charge in [-0.25, -0.2) is 0 Å². The first-order chi connectivity index (χ1) is 12.2. The van der Waals surface area contributed by atoms with E-state index >= 15 is 0 Å². The fourth-order valence-electron chi connectivity index (χ4n) is 4.03. The van der Waals surface area contributed by atoms with E-state index in [2.05, 4.69) is 98.5 Å². The molecule has 142 valence electrons. The molecule has 0 fully saturated rings. The minimum atomic E-state index is 0.209. The van der Waals surface area contributed by atoms with Gasteiger partial charge in [-0.05, 0) is 73.1 Å². The third-order valence-electron chi connectivity index (χ3n) is 5.33. The highest BCUT2D eigenvalue weighted by molar-refractivity contribution is 5.99. The van der Waals surface area contributed by atoms with E-state index in [0.29, 0.717) is 12.1 Å². The molecule has 2 atom stereocenters. The van der Waals surface area contributed by atoms with Crippen molar-refractivity contribution in [3.63, 3.8) is 0 Å². The molecule has 3 rings (SSSR count). The van der Waals surface area contributed by atoms with Gasteiger partial charge < -0.3 is 9.80 Å². The van der Waals surface area contributed by atoms with Crippen LogP contribution in [0.5, 0.6) is 0 Å². The van der Waals surface area contributed by atoms with E-state index in [4.69, 9.17) is 5.10 Å². The Bertz CT molecular complexity index is 723. The summed E-state index contributed by atoms with van der Waals surface area (Å²) in [5, 5.41) is 13.7. The Morgan fingerprint density at radius 3 is 2.04 bits per heavy atom. The second kappa shape index (κ2) is 6.82. The molecule has 1 aromatic rings. The second-order valence-corrected chi connectivity index (χ2v) is 7.79. The molecule has 0 N–H and O–H groups in total. The quantitative estimate of drug-likeness (QED) is 0.816. The average molecular weight is 357 g/mol. The minimum absolute atomic E-state index is 0.209. The molecule has 0 radical (unpaired) electrons. The van der Waals surface area contributed by atoms with Gasteiger partial charge in [0.2, 0.25) is 0 Å². The average Bonchev–Trinajstić information content (AvgIpc) is 3.08. The lowest BCUT2D eigenvalue weighted by molar-refractivity contribution is 0.195. The maximum atomic E-state index is 4.77. The molecule has 6 heteroatoms. The van der Waals surface area contributed by atoms with E-state index in [9.17, 15) is 0 Å². The van der Waals surface area contributed by atoms with Crippen LogP contribution < -0.4 is 9.80 Å². The Hall–Kier alpha value is -2.24. The number of hydrogen-bond donors (Lipinski definition) is 0. The lowest BCUT2D eigenvalue weighted by Crippen LogP contribution is -2.43. The molecule has 0 saturated carbocycles. The molecule has 1 aromatic carbocycles. The Morgan fingerprint density at radius 1 is 0.885 bits per heavy atom. The fraction of sp³-hybridized carbons (Fsp3) is 0.600. The highest BCUT2D eigenvalue weighted by Gasteiger charge is 2.33. The number of hydrazone groups is 2. The van der Waals surface area contributed by atoms with Crippen molar-refractivity contribution < 1.29 is 0 Å². The predicted octanol–water partition coefficient (Wildman–Crippen LogP) is 4.02. The molecule has 0 bridgehead atoms. The van der Waals surface area contributed by atoms with Crippen LogP contribution in [-0.4, -0.2) is 46.6 Å². The van der Waals surface area contributed by atoms with Crippen LogP contribution >= 0.6 is 0 Å². The second-order valence-electron chi connectivity index (χ2n) is 7.79. The minimum Gasteiger partial charge on any atom is -0.308 e. The Kier molecular flexibility index (Phi) is 4.86. The van der Waals surface area contributed by atoms with Gasteiger partial charge in [0.25, 0.3) is 0 Å². The normalized spacial score (nSPS) is 23.1. The predicted molar refractivity (Wildman–Crippen MR) is 111 cm³/mol. The van der Waals surface area contributed by atoms with Crippen LogP contribution in [0.3, 0.4) is 0 Å². The van der Waals surface area contributed by atoms with Gasteiger partial charge in [-0.2, -0.15) is 10.2 Å². The molecule has 6 nitrogen and oxygen atoms in total. The van der Waals surface area contributed by atoms with Crippen LogP contribution in [-0.2, 0) is 0 Å². The molecular formula is C20H32N6. The van der Waals surface area contributed by atoms with Gasteiger partial charge in [0.05, 0.1) is 0 Å². The molecule has 0 unspecified atom stereocenters. The number of benzene rings is 1.